The van der Waals surface area contributed by atoms with E-state index in [1.165, 1.54) is 29.9 Å². The van der Waals surface area contributed by atoms with E-state index in [0.717, 1.165) is 12.0 Å². The van der Waals surface area contributed by atoms with Crippen LogP contribution < -0.4 is 11.1 Å². The van der Waals surface area contributed by atoms with Crippen LogP contribution in [0.4, 0.5) is 0 Å². The van der Waals surface area contributed by atoms with Crippen LogP contribution in [0.15, 0.2) is 27.8 Å². The summed E-state index contributed by atoms with van der Waals surface area (Å²) in [6.07, 6.45) is -1.65. The number of aliphatic hydroxyl groups excluding tert-OH is 2. The predicted octanol–water partition coefficient (Wildman–Crippen LogP) is 0.868. The minimum Gasteiger partial charge on any atom is -0.390 e. The Kier molecular flexibility index (Phi) is 5.99. The first kappa shape index (κ1) is 23.7. The van der Waals surface area contributed by atoms with Gasteiger partial charge in [0.15, 0.2) is 0 Å². The van der Waals surface area contributed by atoms with Crippen molar-refractivity contribution in [2.75, 3.05) is 0 Å². The number of nitrogens with zero attached hydrogens (tertiary/aromatic N) is 2. The third kappa shape index (κ3) is 4.35. The minimum atomic E-state index is -1.64. The lowest BCUT2D eigenvalue weighted by Crippen LogP contribution is -2.49. The number of hydrogen-bond acceptors (Lipinski definition) is 6. The molecule has 1 aromatic carbocycles. The number of aryl methyl sites for hydroxylation is 1. The molecule has 8 nitrogen and oxygen atoms in total. The molecule has 172 valence electrons. The van der Waals surface area contributed by atoms with E-state index in [1.807, 2.05) is 12.1 Å². The number of hydrogen-bond donors (Lipinski definition) is 4. The Bertz CT molecular complexity index is 1090. The van der Waals surface area contributed by atoms with Crippen molar-refractivity contribution < 1.29 is 20.4 Å². The highest BCUT2D eigenvalue weighted by Gasteiger charge is 2.35. The summed E-state index contributed by atoms with van der Waals surface area (Å²) < 4.78 is 2.75. The Morgan fingerprint density at radius 3 is 2.32 bits per heavy atom. The zero-order chi connectivity index (χ0) is 23.4. The van der Waals surface area contributed by atoms with E-state index in [9.17, 15) is 30.0 Å². The van der Waals surface area contributed by atoms with Crippen molar-refractivity contribution >= 4 is 11.0 Å². The molecule has 3 atom stereocenters. The summed E-state index contributed by atoms with van der Waals surface area (Å²) in [5, 5.41) is 41.5. The van der Waals surface area contributed by atoms with E-state index in [-0.39, 0.29) is 24.8 Å². The second kappa shape index (κ2) is 7.85. The van der Waals surface area contributed by atoms with Crippen molar-refractivity contribution in [3.8, 4) is 0 Å². The van der Waals surface area contributed by atoms with Gasteiger partial charge in [0.2, 0.25) is 0 Å². The topological polar surface area (TPSA) is 125 Å². The number of para-hydroxylation sites is 1. The van der Waals surface area contributed by atoms with E-state index in [1.54, 1.807) is 6.07 Å². The maximum atomic E-state index is 12.9. The van der Waals surface area contributed by atoms with Gasteiger partial charge >= 0.3 is 11.1 Å². The largest absolute Gasteiger partial charge is 0.390 e. The number of aliphatic hydroxyl groups is 4. The van der Waals surface area contributed by atoms with Crippen molar-refractivity contribution in [2.24, 2.45) is 0 Å². The summed E-state index contributed by atoms with van der Waals surface area (Å²) in [7, 11) is 0. The van der Waals surface area contributed by atoms with Crippen LogP contribution in [0.1, 0.15) is 59.4 Å². The normalized spacial score (nSPS) is 19.8. The van der Waals surface area contributed by atoms with Gasteiger partial charge in [0.25, 0.3) is 0 Å². The van der Waals surface area contributed by atoms with Gasteiger partial charge in [0.05, 0.1) is 34.9 Å². The second-order valence-electron chi connectivity index (χ2n) is 10.3. The van der Waals surface area contributed by atoms with Crippen LogP contribution in [0.2, 0.25) is 0 Å². The van der Waals surface area contributed by atoms with Crippen molar-refractivity contribution in [1.29, 1.82) is 0 Å². The maximum Gasteiger partial charge on any atom is 0.317 e. The summed E-state index contributed by atoms with van der Waals surface area (Å²) >= 11 is 0. The Morgan fingerprint density at radius 2 is 1.71 bits per heavy atom. The van der Waals surface area contributed by atoms with Gasteiger partial charge in [-0.2, -0.15) is 0 Å². The molecule has 4 N–H and O–H groups in total. The molecule has 2 aromatic rings. The van der Waals surface area contributed by atoms with Crippen LogP contribution in [0.3, 0.4) is 0 Å². The zero-order valence-electron chi connectivity index (χ0n) is 18.9. The summed E-state index contributed by atoms with van der Waals surface area (Å²) in [6, 6.07) is 5.54. The predicted molar refractivity (Wildman–Crippen MR) is 118 cm³/mol. The van der Waals surface area contributed by atoms with Gasteiger partial charge < -0.3 is 25.0 Å². The fraction of sp³-hybridized carbons (Fsp3) is 0.652. The van der Waals surface area contributed by atoms with Gasteiger partial charge in [-0.1, -0.05) is 26.0 Å². The molecule has 2 heterocycles. The molecule has 0 saturated heterocycles. The molecule has 0 saturated carbocycles. The lowest BCUT2D eigenvalue weighted by Gasteiger charge is -2.35. The van der Waals surface area contributed by atoms with Gasteiger partial charge in [-0.05, 0) is 57.1 Å². The molecular formula is C23H34N2O6. The quantitative estimate of drug-likeness (QED) is 0.479. The van der Waals surface area contributed by atoms with Crippen LogP contribution in [0.25, 0.3) is 11.0 Å². The molecule has 1 aromatic heterocycles. The van der Waals surface area contributed by atoms with Crippen LogP contribution in [0.5, 0.6) is 0 Å². The fourth-order valence-corrected chi connectivity index (χ4v) is 4.26. The van der Waals surface area contributed by atoms with Crippen LogP contribution in [-0.4, -0.2) is 53.0 Å². The van der Waals surface area contributed by atoms with Gasteiger partial charge in [-0.15, -0.1) is 0 Å². The molecule has 0 fully saturated rings. The average Bonchev–Trinajstić information content (AvgIpc) is 2.67. The van der Waals surface area contributed by atoms with Gasteiger partial charge in [0, 0.05) is 6.54 Å². The van der Waals surface area contributed by atoms with Gasteiger partial charge in [0.1, 0.15) is 6.10 Å². The number of rotatable bonds is 7. The second-order valence-corrected chi connectivity index (χ2v) is 10.3. The smallest absolute Gasteiger partial charge is 0.317 e. The third-order valence-electron chi connectivity index (χ3n) is 6.75. The molecule has 0 amide bonds. The van der Waals surface area contributed by atoms with Crippen molar-refractivity contribution in [3.05, 3.63) is 44.5 Å². The molecule has 0 radical (unpaired) electrons. The van der Waals surface area contributed by atoms with Crippen LogP contribution in [0, 0.1) is 0 Å². The van der Waals surface area contributed by atoms with Crippen molar-refractivity contribution in [2.45, 2.75) is 95.8 Å². The average molecular weight is 435 g/mol. The van der Waals surface area contributed by atoms with E-state index in [4.69, 9.17) is 0 Å². The molecule has 1 aliphatic heterocycles. The standard InChI is InChI=1S/C23H34N2O6/c1-21(2)11-12-24-18-14(21)7-6-8-15(18)25(20(29)19(24)28)13-17(27)23(5,31)10-9-16(26)22(3,4)30/h6-8,16-17,26-27,30-31H,9-13H2,1-5H3. The summed E-state index contributed by atoms with van der Waals surface area (Å²) in [5.41, 5.74) is -2.32. The van der Waals surface area contributed by atoms with E-state index >= 15 is 0 Å². The Labute approximate surface area is 181 Å². The monoisotopic (exact) mass is 434 g/mol. The van der Waals surface area contributed by atoms with E-state index in [0.29, 0.717) is 17.6 Å². The van der Waals surface area contributed by atoms with E-state index < -0.39 is 34.5 Å². The highest BCUT2D eigenvalue weighted by atomic mass is 16.3. The Hall–Kier alpha value is -2.00. The molecule has 3 rings (SSSR count). The van der Waals surface area contributed by atoms with Crippen LogP contribution >= 0.6 is 0 Å². The molecule has 3 unspecified atom stereocenters. The molecule has 31 heavy (non-hydrogen) atoms. The highest BCUT2D eigenvalue weighted by molar-refractivity contribution is 5.81. The highest BCUT2D eigenvalue weighted by Crippen LogP contribution is 2.36. The van der Waals surface area contributed by atoms with E-state index in [2.05, 4.69) is 13.8 Å². The summed E-state index contributed by atoms with van der Waals surface area (Å²) in [5.74, 6) is 0. The Morgan fingerprint density at radius 1 is 1.06 bits per heavy atom. The molecule has 0 aliphatic carbocycles. The zero-order valence-corrected chi connectivity index (χ0v) is 18.9. The van der Waals surface area contributed by atoms with Crippen LogP contribution in [-0.2, 0) is 18.5 Å². The lowest BCUT2D eigenvalue weighted by molar-refractivity contribution is -0.0968. The minimum absolute atomic E-state index is 0.00134. The molecule has 0 spiro atoms. The molecule has 0 bridgehead atoms. The van der Waals surface area contributed by atoms with Gasteiger partial charge in [-0.3, -0.25) is 14.2 Å². The Balaban J connectivity index is 1.99. The molecular weight excluding hydrogens is 400 g/mol. The lowest BCUT2D eigenvalue weighted by atomic mass is 9.78. The first-order valence-electron chi connectivity index (χ1n) is 10.7. The third-order valence-corrected chi connectivity index (χ3v) is 6.75. The van der Waals surface area contributed by atoms with Gasteiger partial charge in [-0.25, -0.2) is 0 Å². The number of aromatic nitrogens is 2. The van der Waals surface area contributed by atoms with Crippen molar-refractivity contribution in [1.82, 2.24) is 9.13 Å². The first-order chi connectivity index (χ1) is 14.2. The SMILES string of the molecule is CC1(C)CCn2c(=O)c(=O)n(CC(O)C(C)(O)CCC(O)C(C)(C)O)c3cccc1c32. The maximum absolute atomic E-state index is 12.9. The summed E-state index contributed by atoms with van der Waals surface area (Å²) in [6.45, 7) is 8.73. The molecule has 8 heteroatoms. The number of benzene rings is 1. The molecule has 1 aliphatic rings. The first-order valence-corrected chi connectivity index (χ1v) is 10.7. The summed E-state index contributed by atoms with van der Waals surface area (Å²) in [4.78, 5) is 25.7. The van der Waals surface area contributed by atoms with Crippen molar-refractivity contribution in [3.63, 3.8) is 0 Å². The fourth-order valence-electron chi connectivity index (χ4n) is 4.26.